The molecule has 1 saturated carbocycles. The first-order chi connectivity index (χ1) is 16.8. The Morgan fingerprint density at radius 2 is 1.83 bits per heavy atom. The largest absolute Gasteiger partial charge is 0.493 e. The number of hydrogen-bond acceptors (Lipinski definition) is 6. The molecule has 1 heterocycles. The summed E-state index contributed by atoms with van der Waals surface area (Å²) in [6.07, 6.45) is 4.80. The van der Waals surface area contributed by atoms with Gasteiger partial charge in [0.15, 0.2) is 11.5 Å². The van der Waals surface area contributed by atoms with Crippen LogP contribution in [0.5, 0.6) is 11.5 Å². The second-order valence-electron chi connectivity index (χ2n) is 8.83. The normalized spacial score (nSPS) is 17.7. The monoisotopic (exact) mass is 501 g/mol. The molecule has 8 nitrogen and oxygen atoms in total. The van der Waals surface area contributed by atoms with Crippen LogP contribution in [0.25, 0.3) is 10.9 Å². The number of halogens is 2. The summed E-state index contributed by atoms with van der Waals surface area (Å²) < 4.78 is 25.5. The number of anilines is 2. The van der Waals surface area contributed by atoms with Gasteiger partial charge in [0.1, 0.15) is 18.0 Å². The minimum absolute atomic E-state index is 0.00240. The summed E-state index contributed by atoms with van der Waals surface area (Å²) in [6.45, 7) is 0. The fraction of sp³-hybridized carbons (Fsp3) is 0.400. The van der Waals surface area contributed by atoms with Crippen LogP contribution in [0, 0.1) is 5.82 Å². The van der Waals surface area contributed by atoms with Crippen molar-refractivity contribution in [3.05, 3.63) is 47.5 Å². The van der Waals surface area contributed by atoms with Crippen LogP contribution in [0.1, 0.15) is 25.7 Å². The summed E-state index contributed by atoms with van der Waals surface area (Å²) >= 11 is 5.93. The third-order valence-electron chi connectivity index (χ3n) is 6.27. The predicted octanol–water partition coefficient (Wildman–Crippen LogP) is 5.48. The van der Waals surface area contributed by atoms with E-state index in [0.717, 1.165) is 31.1 Å². The number of rotatable bonds is 6. The van der Waals surface area contributed by atoms with Crippen LogP contribution >= 0.6 is 11.6 Å². The number of hydrogen-bond donors (Lipinski definition) is 1. The van der Waals surface area contributed by atoms with Crippen molar-refractivity contribution in [2.45, 2.75) is 37.8 Å². The van der Waals surface area contributed by atoms with Crippen molar-refractivity contribution < 1.29 is 18.7 Å². The molecule has 186 valence electrons. The van der Waals surface area contributed by atoms with Gasteiger partial charge in [0.05, 0.1) is 23.8 Å². The van der Waals surface area contributed by atoms with Gasteiger partial charge < -0.3 is 24.6 Å². The van der Waals surface area contributed by atoms with Crippen molar-refractivity contribution in [3.63, 3.8) is 0 Å². The van der Waals surface area contributed by atoms with E-state index >= 15 is 0 Å². The molecule has 4 rings (SSSR count). The maximum atomic E-state index is 13.6. The van der Waals surface area contributed by atoms with Crippen molar-refractivity contribution in [1.82, 2.24) is 19.8 Å². The highest BCUT2D eigenvalue weighted by molar-refractivity contribution is 6.31. The third kappa shape index (κ3) is 5.51. The number of nitrogens with one attached hydrogen (secondary N) is 1. The van der Waals surface area contributed by atoms with Gasteiger partial charge in [0.25, 0.3) is 0 Å². The number of urea groups is 1. The molecule has 0 atom stereocenters. The van der Waals surface area contributed by atoms with E-state index in [1.54, 1.807) is 32.2 Å². The van der Waals surface area contributed by atoms with Gasteiger partial charge >= 0.3 is 6.03 Å². The number of carbonyl (C=O) groups is 1. The first-order valence-electron chi connectivity index (χ1n) is 11.4. The number of methoxy groups -OCH3 is 1. The molecule has 0 saturated heterocycles. The smallest absolute Gasteiger partial charge is 0.319 e. The van der Waals surface area contributed by atoms with Crippen molar-refractivity contribution >= 4 is 40.0 Å². The number of fused-ring (bicyclic) bond motifs is 1. The molecule has 1 aliphatic carbocycles. The zero-order valence-corrected chi connectivity index (χ0v) is 21.0. The minimum Gasteiger partial charge on any atom is -0.493 e. The molecule has 3 aromatic rings. The number of benzene rings is 2. The quantitative estimate of drug-likeness (QED) is 0.482. The number of nitrogens with zero attached hydrogens (tertiary/aromatic N) is 4. The van der Waals surface area contributed by atoms with Crippen LogP contribution in [-0.2, 0) is 0 Å². The third-order valence-corrected chi connectivity index (χ3v) is 6.56. The lowest BCUT2D eigenvalue weighted by atomic mass is 9.92. The van der Waals surface area contributed by atoms with Gasteiger partial charge in [-0.25, -0.2) is 19.2 Å². The van der Waals surface area contributed by atoms with Gasteiger partial charge in [-0.2, -0.15) is 0 Å². The van der Waals surface area contributed by atoms with Crippen molar-refractivity contribution in [1.29, 1.82) is 0 Å². The second-order valence-corrected chi connectivity index (χ2v) is 9.24. The van der Waals surface area contributed by atoms with E-state index < -0.39 is 5.82 Å². The van der Waals surface area contributed by atoms with Crippen LogP contribution in [0.2, 0.25) is 5.02 Å². The van der Waals surface area contributed by atoms with Crippen molar-refractivity contribution in [2.75, 3.05) is 33.6 Å². The molecule has 2 amide bonds. The summed E-state index contributed by atoms with van der Waals surface area (Å²) in [5.74, 6) is 1.22. The molecule has 10 heteroatoms. The molecule has 1 fully saturated rings. The van der Waals surface area contributed by atoms with E-state index in [4.69, 9.17) is 21.1 Å². The number of amides is 2. The number of ether oxygens (including phenoxy) is 2. The van der Waals surface area contributed by atoms with Crippen LogP contribution in [0.4, 0.5) is 20.7 Å². The van der Waals surface area contributed by atoms with E-state index in [-0.39, 0.29) is 23.2 Å². The van der Waals surface area contributed by atoms with Crippen LogP contribution in [0.15, 0.2) is 36.7 Å². The van der Waals surface area contributed by atoms with Crippen LogP contribution < -0.4 is 14.8 Å². The Morgan fingerprint density at radius 1 is 1.09 bits per heavy atom. The molecular formula is C25H29ClFN5O3. The summed E-state index contributed by atoms with van der Waals surface area (Å²) in [6, 6.07) is 8.25. The van der Waals surface area contributed by atoms with E-state index in [0.29, 0.717) is 28.5 Å². The molecule has 1 aliphatic rings. The Hall–Kier alpha value is -3.33. The standard InChI is InChI=1S/C25H29ClFN5O3/c1-31(2)25(33)32(3)16-6-8-17(9-7-16)35-23-12-18-21(13-22(23)34-4)28-14-29-24(18)30-15-5-10-20(27)19(26)11-15/h5,10-14,16-17H,6-9H2,1-4H3,(H,28,29,30)/t16-,17+. The molecule has 0 radical (unpaired) electrons. The average molecular weight is 502 g/mol. The first kappa shape index (κ1) is 24.8. The van der Waals surface area contributed by atoms with Gasteiger partial charge in [-0.05, 0) is 49.9 Å². The molecule has 1 N–H and O–H groups in total. The molecule has 0 unspecified atom stereocenters. The summed E-state index contributed by atoms with van der Waals surface area (Å²) in [4.78, 5) is 24.4. The minimum atomic E-state index is -0.489. The first-order valence-corrected chi connectivity index (χ1v) is 11.8. The molecule has 0 aliphatic heterocycles. The number of carbonyl (C=O) groups excluding carboxylic acids is 1. The highest BCUT2D eigenvalue weighted by Gasteiger charge is 2.29. The molecule has 0 bridgehead atoms. The zero-order valence-electron chi connectivity index (χ0n) is 20.2. The van der Waals surface area contributed by atoms with Crippen molar-refractivity contribution in [3.8, 4) is 11.5 Å². The van der Waals surface area contributed by atoms with E-state index in [9.17, 15) is 9.18 Å². The van der Waals surface area contributed by atoms with Gasteiger partial charge in [-0.1, -0.05) is 11.6 Å². The van der Waals surface area contributed by atoms with E-state index in [2.05, 4.69) is 15.3 Å². The van der Waals surface area contributed by atoms with Crippen LogP contribution in [-0.4, -0.2) is 66.2 Å². The summed E-state index contributed by atoms with van der Waals surface area (Å²) in [5, 5.41) is 3.93. The second kappa shape index (κ2) is 10.5. The molecule has 35 heavy (non-hydrogen) atoms. The predicted molar refractivity (Wildman–Crippen MR) is 134 cm³/mol. The Kier molecular flexibility index (Phi) is 7.45. The highest BCUT2D eigenvalue weighted by atomic mass is 35.5. The average Bonchev–Trinajstić information content (AvgIpc) is 2.85. The topological polar surface area (TPSA) is 79.8 Å². The van der Waals surface area contributed by atoms with E-state index in [1.807, 2.05) is 24.1 Å². The lowest BCUT2D eigenvalue weighted by molar-refractivity contribution is 0.0991. The van der Waals surface area contributed by atoms with Gasteiger partial charge in [0.2, 0.25) is 0 Å². The van der Waals surface area contributed by atoms with Crippen molar-refractivity contribution in [2.24, 2.45) is 0 Å². The Labute approximate surface area is 209 Å². The lowest BCUT2D eigenvalue weighted by Gasteiger charge is -2.36. The molecule has 2 aromatic carbocycles. The SMILES string of the molecule is COc1cc2ncnc(Nc3ccc(F)c(Cl)c3)c2cc1O[C@H]1CC[C@@H](N(C)C(=O)N(C)C)CC1. The molecule has 1 aromatic heterocycles. The maximum absolute atomic E-state index is 13.6. The lowest BCUT2D eigenvalue weighted by Crippen LogP contribution is -2.45. The van der Waals surface area contributed by atoms with Gasteiger partial charge in [-0.3, -0.25) is 0 Å². The zero-order chi connectivity index (χ0) is 25.1. The Bertz CT molecular complexity index is 1220. The van der Waals surface area contributed by atoms with Gasteiger partial charge in [0, 0.05) is 44.3 Å². The molecule has 0 spiro atoms. The summed E-state index contributed by atoms with van der Waals surface area (Å²) in [5.41, 5.74) is 1.27. The fourth-order valence-electron chi connectivity index (χ4n) is 4.33. The Balaban J connectivity index is 1.53. The highest BCUT2D eigenvalue weighted by Crippen LogP contribution is 2.37. The number of aromatic nitrogens is 2. The summed E-state index contributed by atoms with van der Waals surface area (Å²) in [7, 11) is 6.96. The fourth-order valence-corrected chi connectivity index (χ4v) is 4.51. The van der Waals surface area contributed by atoms with Crippen LogP contribution in [0.3, 0.4) is 0 Å². The maximum Gasteiger partial charge on any atom is 0.319 e. The van der Waals surface area contributed by atoms with E-state index in [1.165, 1.54) is 18.5 Å². The molecular weight excluding hydrogens is 473 g/mol. The Morgan fingerprint density at radius 3 is 2.49 bits per heavy atom. The van der Waals surface area contributed by atoms with Gasteiger partial charge in [-0.15, -0.1) is 0 Å².